The lowest BCUT2D eigenvalue weighted by atomic mass is 9.93. The summed E-state index contributed by atoms with van der Waals surface area (Å²) in [4.78, 5) is 32.4. The van der Waals surface area contributed by atoms with Gasteiger partial charge in [0.1, 0.15) is 36.6 Å². The molecule has 5 aromatic rings. The highest BCUT2D eigenvalue weighted by atomic mass is 28.3. The van der Waals surface area contributed by atoms with E-state index in [-0.39, 0.29) is 53.5 Å². The van der Waals surface area contributed by atoms with Crippen molar-refractivity contribution in [2.75, 3.05) is 71.2 Å². The van der Waals surface area contributed by atoms with E-state index in [9.17, 15) is 4.79 Å². The van der Waals surface area contributed by atoms with E-state index in [0.29, 0.717) is 69.6 Å². The lowest BCUT2D eigenvalue weighted by Crippen LogP contribution is -2.57. The molecule has 380 valence electrons. The molecule has 0 radical (unpaired) electrons. The normalized spacial score (nSPS) is 18.4. The zero-order chi connectivity index (χ0) is 50.8. The fourth-order valence-corrected chi connectivity index (χ4v) is 16.8. The summed E-state index contributed by atoms with van der Waals surface area (Å²) in [6, 6.07) is 20.7. The molecule has 14 heteroatoms. The van der Waals surface area contributed by atoms with Crippen LogP contribution in [0.3, 0.4) is 0 Å². The van der Waals surface area contributed by atoms with Gasteiger partial charge in [-0.25, -0.2) is 13.6 Å². The Labute approximate surface area is 421 Å². The molecule has 3 aliphatic heterocycles. The minimum Gasteiger partial charge on any atom is -0.468 e. The quantitative estimate of drug-likeness (QED) is 0.0573. The van der Waals surface area contributed by atoms with Crippen molar-refractivity contribution in [3.8, 4) is 34.4 Å². The number of anilines is 1. The van der Waals surface area contributed by atoms with Crippen LogP contribution in [0.15, 0.2) is 66.7 Å². The summed E-state index contributed by atoms with van der Waals surface area (Å²) in [6.45, 7) is 28.1. The average Bonchev–Trinajstić information content (AvgIpc) is 3.60. The van der Waals surface area contributed by atoms with Crippen LogP contribution in [0.4, 0.5) is 19.4 Å². The molecule has 4 heterocycles. The van der Waals surface area contributed by atoms with E-state index in [1.165, 1.54) is 18.7 Å². The largest absolute Gasteiger partial charge is 0.468 e. The zero-order valence-electron chi connectivity index (χ0n) is 43.8. The molecule has 3 aliphatic rings. The van der Waals surface area contributed by atoms with Gasteiger partial charge in [0, 0.05) is 81.7 Å². The van der Waals surface area contributed by atoms with Gasteiger partial charge >= 0.3 is 12.1 Å². The minimum atomic E-state index is -2.31. The highest BCUT2D eigenvalue weighted by Crippen LogP contribution is 2.44. The molecule has 3 fully saturated rings. The molecule has 1 aromatic heterocycles. The van der Waals surface area contributed by atoms with Crippen molar-refractivity contribution >= 4 is 41.7 Å². The number of amides is 1. The Bertz CT molecular complexity index is 2710. The third kappa shape index (κ3) is 11.3. The second-order valence-electron chi connectivity index (χ2n) is 22.0. The van der Waals surface area contributed by atoms with Gasteiger partial charge in [-0.15, -0.1) is 5.54 Å². The van der Waals surface area contributed by atoms with Crippen LogP contribution in [0.2, 0.25) is 16.6 Å². The van der Waals surface area contributed by atoms with E-state index in [2.05, 4.69) is 105 Å². The third-order valence-electron chi connectivity index (χ3n) is 14.9. The van der Waals surface area contributed by atoms with Crippen LogP contribution in [0.25, 0.3) is 32.8 Å². The standard InChI is InChI=1S/C57H74F2N6O5Si/c1-37(2)71(38(3)4,39(5)6)28-23-47-50(58)22-17-42-29-45(69-36-67-11)30-49(51(42)47)46-20-21-48-53(52(46)59)60-55(61-54(48)64-33-43-18-19-44(34-64)65(43)56(66)70-57(8,9)10)68-35-40(7)31-62-24-26-63(27-25-62)32-41-15-13-12-14-16-41/h12-17,20-22,29-30,37-40,43-44H,18-19,24-27,31-36H2,1-11H3. The van der Waals surface area contributed by atoms with Crippen molar-refractivity contribution in [2.24, 2.45) is 5.92 Å². The van der Waals surface area contributed by atoms with Gasteiger partial charge < -0.3 is 28.7 Å². The molecular formula is C57H74F2N6O5Si. The molecule has 0 spiro atoms. The summed E-state index contributed by atoms with van der Waals surface area (Å²) in [5.41, 5.74) is 6.33. The van der Waals surface area contributed by atoms with E-state index in [1.54, 1.807) is 18.2 Å². The highest BCUT2D eigenvalue weighted by molar-refractivity contribution is 6.90. The number of hydrogen-bond donors (Lipinski definition) is 0. The summed E-state index contributed by atoms with van der Waals surface area (Å²) >= 11 is 0. The fraction of sp³-hybridized carbons (Fsp3) is 0.526. The SMILES string of the molecule is COCOc1cc(-c2ccc3c(N4CC5CCC(C4)N5C(=O)OC(C)(C)C)nc(OCC(C)CN4CCN(Cc5ccccc5)CC4)nc3c2F)c2c(C#C[Si](C(C)C)(C(C)C)C(C)C)c(F)ccc2c1. The van der Waals surface area contributed by atoms with Gasteiger partial charge in [0.05, 0.1) is 24.3 Å². The molecule has 3 saturated heterocycles. The van der Waals surface area contributed by atoms with Gasteiger partial charge in [0.2, 0.25) is 0 Å². The molecule has 3 atom stereocenters. The maximum absolute atomic E-state index is 18.1. The van der Waals surface area contributed by atoms with Crippen molar-refractivity contribution in [3.05, 3.63) is 89.5 Å². The second kappa shape index (κ2) is 21.8. The summed E-state index contributed by atoms with van der Waals surface area (Å²) in [6.07, 6.45) is 1.31. The van der Waals surface area contributed by atoms with E-state index in [4.69, 9.17) is 28.9 Å². The first kappa shape index (κ1) is 52.0. The van der Waals surface area contributed by atoms with E-state index < -0.39 is 25.3 Å². The van der Waals surface area contributed by atoms with Gasteiger partial charge in [-0.2, -0.15) is 9.97 Å². The Hall–Kier alpha value is -5.33. The molecular weight excluding hydrogens is 915 g/mol. The van der Waals surface area contributed by atoms with Crippen LogP contribution in [-0.2, 0) is 16.0 Å². The topological polar surface area (TPSA) is 92.7 Å². The van der Waals surface area contributed by atoms with Crippen LogP contribution < -0.4 is 14.4 Å². The van der Waals surface area contributed by atoms with Crippen LogP contribution in [-0.4, -0.2) is 123 Å². The molecule has 8 rings (SSSR count). The van der Waals surface area contributed by atoms with Gasteiger partial charge in [-0.3, -0.25) is 9.80 Å². The summed E-state index contributed by atoms with van der Waals surface area (Å²) < 4.78 is 58.2. The smallest absolute Gasteiger partial charge is 0.410 e. The van der Waals surface area contributed by atoms with Crippen LogP contribution >= 0.6 is 0 Å². The average molecular weight is 989 g/mol. The van der Waals surface area contributed by atoms with Crippen molar-refractivity contribution < 1.29 is 32.5 Å². The predicted molar refractivity (Wildman–Crippen MR) is 283 cm³/mol. The molecule has 2 bridgehead atoms. The minimum absolute atomic E-state index is 0.0341. The molecule has 0 aliphatic carbocycles. The number of ether oxygens (including phenoxy) is 4. The molecule has 0 N–H and O–H groups in total. The number of carbonyl (C=O) groups is 1. The van der Waals surface area contributed by atoms with Gasteiger partial charge in [-0.1, -0.05) is 96.9 Å². The third-order valence-corrected chi connectivity index (χ3v) is 21.2. The summed E-state index contributed by atoms with van der Waals surface area (Å²) in [5, 5.41) is 1.66. The first-order valence-electron chi connectivity index (χ1n) is 25.7. The molecule has 71 heavy (non-hydrogen) atoms. The van der Waals surface area contributed by atoms with E-state index >= 15 is 8.78 Å². The first-order valence-corrected chi connectivity index (χ1v) is 27.9. The van der Waals surface area contributed by atoms with Gasteiger partial charge in [0.15, 0.2) is 12.6 Å². The number of hydrogen-bond acceptors (Lipinski definition) is 10. The molecule has 1 amide bonds. The zero-order valence-corrected chi connectivity index (χ0v) is 44.8. The molecule has 0 saturated carbocycles. The first-order chi connectivity index (χ1) is 33.9. The lowest BCUT2D eigenvalue weighted by molar-refractivity contribution is 0.0122. The molecule has 11 nitrogen and oxygen atoms in total. The van der Waals surface area contributed by atoms with Crippen LogP contribution in [0.5, 0.6) is 11.8 Å². The van der Waals surface area contributed by atoms with Crippen molar-refractivity contribution in [1.82, 2.24) is 24.7 Å². The second-order valence-corrected chi connectivity index (χ2v) is 27.6. The van der Waals surface area contributed by atoms with Crippen LogP contribution in [0.1, 0.15) is 93.2 Å². The van der Waals surface area contributed by atoms with Gasteiger partial charge in [0.25, 0.3) is 0 Å². The van der Waals surface area contributed by atoms with Crippen LogP contribution in [0, 0.1) is 29.0 Å². The lowest BCUT2D eigenvalue weighted by Gasteiger charge is -2.42. The maximum Gasteiger partial charge on any atom is 0.410 e. The number of benzene rings is 4. The number of methoxy groups -OCH3 is 1. The number of piperazine rings is 2. The van der Waals surface area contributed by atoms with E-state index in [1.807, 2.05) is 37.8 Å². The number of halogens is 2. The van der Waals surface area contributed by atoms with Crippen molar-refractivity contribution in [3.63, 3.8) is 0 Å². The monoisotopic (exact) mass is 989 g/mol. The Morgan fingerprint density at radius 3 is 2.11 bits per heavy atom. The number of aromatic nitrogens is 2. The number of fused-ring (bicyclic) bond motifs is 4. The predicted octanol–water partition coefficient (Wildman–Crippen LogP) is 11.7. The Balaban J connectivity index is 1.18. The Morgan fingerprint density at radius 2 is 1.48 bits per heavy atom. The molecule has 4 aromatic carbocycles. The number of nitrogens with zero attached hydrogens (tertiary/aromatic N) is 6. The summed E-state index contributed by atoms with van der Waals surface area (Å²) in [7, 11) is -0.768. The highest BCUT2D eigenvalue weighted by Gasteiger charge is 2.45. The Kier molecular flexibility index (Phi) is 16.0. The van der Waals surface area contributed by atoms with Crippen molar-refractivity contribution in [1.29, 1.82) is 0 Å². The van der Waals surface area contributed by atoms with Crippen molar-refractivity contribution in [2.45, 2.75) is 123 Å². The summed E-state index contributed by atoms with van der Waals surface area (Å²) in [5.74, 6) is 3.42. The van der Waals surface area contributed by atoms with Gasteiger partial charge in [-0.05, 0) is 91.0 Å². The molecule has 3 unspecified atom stereocenters. The number of carbonyl (C=O) groups excluding carboxylic acids is 1. The fourth-order valence-electron chi connectivity index (χ4n) is 11.6. The van der Waals surface area contributed by atoms with E-state index in [0.717, 1.165) is 52.1 Å². The Morgan fingerprint density at radius 1 is 0.817 bits per heavy atom. The maximum atomic E-state index is 18.1. The number of rotatable bonds is 15.